The Kier molecular flexibility index (Phi) is 6.68. The van der Waals surface area contributed by atoms with Crippen LogP contribution in [0.15, 0.2) is 90.5 Å². The van der Waals surface area contributed by atoms with Crippen molar-refractivity contribution in [3.05, 3.63) is 130 Å². The standard InChI is InChI=1S/C31H29N7O/c1-18-8-4-5-13-25(18)38-24(15-22-11-6-9-19(2)26(22)31(38)39)16-35-30-27(29(34)36-17-37-30)28(33)23-12-7-10-21(14-23)20(3)32/h4-15,17,33H,3,16,32H2,1-2H3,(H3,34,35,36,37). The summed E-state index contributed by atoms with van der Waals surface area (Å²) in [6.45, 7) is 7.97. The lowest BCUT2D eigenvalue weighted by molar-refractivity contribution is 0.883. The van der Waals surface area contributed by atoms with E-state index in [1.54, 1.807) is 16.7 Å². The number of hydrogen-bond acceptors (Lipinski definition) is 7. The molecule has 0 fully saturated rings. The maximum atomic E-state index is 13.9. The largest absolute Gasteiger partial charge is 0.399 e. The summed E-state index contributed by atoms with van der Waals surface area (Å²) >= 11 is 0. The van der Waals surface area contributed by atoms with Crippen LogP contribution in [0.3, 0.4) is 0 Å². The van der Waals surface area contributed by atoms with Gasteiger partial charge >= 0.3 is 0 Å². The number of rotatable bonds is 7. The molecule has 5 aromatic rings. The number of benzene rings is 3. The van der Waals surface area contributed by atoms with Crippen LogP contribution < -0.4 is 22.3 Å². The maximum absolute atomic E-state index is 13.9. The number of aryl methyl sites for hydroxylation is 2. The SMILES string of the molecule is C=C(N)c1cccc(C(=N)c2c(N)ncnc2NCc2cc3cccc(C)c3c(=O)n2-c2ccccc2C)c1. The lowest BCUT2D eigenvalue weighted by Crippen LogP contribution is -2.25. The highest BCUT2D eigenvalue weighted by Crippen LogP contribution is 2.25. The number of hydrogen-bond donors (Lipinski definition) is 4. The monoisotopic (exact) mass is 515 g/mol. The van der Waals surface area contributed by atoms with Gasteiger partial charge in [0.05, 0.1) is 28.9 Å². The Balaban J connectivity index is 1.60. The van der Waals surface area contributed by atoms with Gasteiger partial charge in [0, 0.05) is 17.0 Å². The normalized spacial score (nSPS) is 10.9. The van der Waals surface area contributed by atoms with Gasteiger partial charge in [-0.25, -0.2) is 9.97 Å². The molecule has 0 saturated heterocycles. The van der Waals surface area contributed by atoms with Crippen molar-refractivity contribution >= 4 is 33.8 Å². The number of nitrogens with zero attached hydrogens (tertiary/aromatic N) is 3. The lowest BCUT2D eigenvalue weighted by Gasteiger charge is -2.19. The van der Waals surface area contributed by atoms with Gasteiger partial charge < -0.3 is 16.8 Å². The van der Waals surface area contributed by atoms with Crippen LogP contribution in [-0.2, 0) is 6.54 Å². The molecular weight excluding hydrogens is 486 g/mol. The number of fused-ring (bicyclic) bond motifs is 1. The molecule has 8 heteroatoms. The number of anilines is 2. The zero-order valence-electron chi connectivity index (χ0n) is 21.8. The molecule has 0 atom stereocenters. The fourth-order valence-electron chi connectivity index (χ4n) is 4.77. The predicted octanol–water partition coefficient (Wildman–Crippen LogP) is 4.94. The Morgan fingerprint density at radius 2 is 1.69 bits per heavy atom. The first kappa shape index (κ1) is 25.4. The topological polar surface area (TPSA) is 136 Å². The number of aromatic nitrogens is 3. The summed E-state index contributed by atoms with van der Waals surface area (Å²) in [6, 6.07) is 22.8. The molecule has 2 aromatic heterocycles. The second-order valence-corrected chi connectivity index (χ2v) is 9.42. The highest BCUT2D eigenvalue weighted by Gasteiger charge is 2.19. The van der Waals surface area contributed by atoms with E-state index in [1.807, 2.05) is 74.5 Å². The van der Waals surface area contributed by atoms with Gasteiger partial charge in [-0.05, 0) is 54.1 Å². The summed E-state index contributed by atoms with van der Waals surface area (Å²) < 4.78 is 1.74. The van der Waals surface area contributed by atoms with Crippen LogP contribution in [0.25, 0.3) is 22.2 Å². The van der Waals surface area contributed by atoms with Crippen LogP contribution in [0, 0.1) is 19.3 Å². The molecule has 3 aromatic carbocycles. The van der Waals surface area contributed by atoms with E-state index < -0.39 is 0 Å². The molecule has 6 N–H and O–H groups in total. The third kappa shape index (κ3) is 4.75. The first-order valence-electron chi connectivity index (χ1n) is 12.4. The second kappa shape index (κ2) is 10.3. The van der Waals surface area contributed by atoms with Gasteiger partial charge in [0.1, 0.15) is 18.0 Å². The van der Waals surface area contributed by atoms with Crippen molar-refractivity contribution in [2.24, 2.45) is 5.73 Å². The lowest BCUT2D eigenvalue weighted by atomic mass is 10.00. The van der Waals surface area contributed by atoms with E-state index in [0.29, 0.717) is 28.0 Å². The predicted molar refractivity (Wildman–Crippen MR) is 158 cm³/mol. The van der Waals surface area contributed by atoms with Gasteiger partial charge in [0.15, 0.2) is 0 Å². The third-order valence-electron chi connectivity index (χ3n) is 6.77. The number of para-hydroxylation sites is 1. The Labute approximate surface area is 226 Å². The quantitative estimate of drug-likeness (QED) is 0.227. The zero-order chi connectivity index (χ0) is 27.7. The molecular formula is C31H29N7O. The van der Waals surface area contributed by atoms with E-state index in [9.17, 15) is 4.79 Å². The fourth-order valence-corrected chi connectivity index (χ4v) is 4.77. The van der Waals surface area contributed by atoms with Gasteiger partial charge in [0.25, 0.3) is 5.56 Å². The van der Waals surface area contributed by atoms with E-state index in [0.717, 1.165) is 33.5 Å². The van der Waals surface area contributed by atoms with E-state index in [2.05, 4.69) is 21.9 Å². The van der Waals surface area contributed by atoms with E-state index >= 15 is 0 Å². The van der Waals surface area contributed by atoms with E-state index in [4.69, 9.17) is 16.9 Å². The van der Waals surface area contributed by atoms with Crippen molar-refractivity contribution in [3.8, 4) is 5.69 Å². The Morgan fingerprint density at radius 1 is 0.974 bits per heavy atom. The number of nitrogens with two attached hydrogens (primary N) is 2. The first-order chi connectivity index (χ1) is 18.8. The van der Waals surface area contributed by atoms with Gasteiger partial charge in [-0.15, -0.1) is 0 Å². The summed E-state index contributed by atoms with van der Waals surface area (Å²) in [5.41, 5.74) is 17.7. The molecule has 0 bridgehead atoms. The van der Waals surface area contributed by atoms with Gasteiger partial charge in [-0.2, -0.15) is 0 Å². The molecule has 2 heterocycles. The summed E-state index contributed by atoms with van der Waals surface area (Å²) in [6.07, 6.45) is 1.35. The number of pyridine rings is 1. The van der Waals surface area contributed by atoms with Gasteiger partial charge in [-0.3, -0.25) is 14.8 Å². The van der Waals surface area contributed by atoms with Crippen molar-refractivity contribution < 1.29 is 0 Å². The fraction of sp³-hybridized carbons (Fsp3) is 0.0968. The van der Waals surface area contributed by atoms with Crippen LogP contribution in [-0.4, -0.2) is 20.2 Å². The van der Waals surface area contributed by atoms with Crippen molar-refractivity contribution in [2.75, 3.05) is 11.1 Å². The molecule has 0 saturated carbocycles. The summed E-state index contributed by atoms with van der Waals surface area (Å²) in [5, 5.41) is 13.8. The summed E-state index contributed by atoms with van der Waals surface area (Å²) in [5.74, 6) is 0.553. The van der Waals surface area contributed by atoms with E-state index in [1.165, 1.54) is 6.33 Å². The molecule has 0 aliphatic carbocycles. The zero-order valence-corrected chi connectivity index (χ0v) is 21.8. The Hall–Kier alpha value is -5.24. The minimum atomic E-state index is -0.0919. The molecule has 0 aliphatic heterocycles. The molecule has 39 heavy (non-hydrogen) atoms. The summed E-state index contributed by atoms with van der Waals surface area (Å²) in [7, 11) is 0. The second-order valence-electron chi connectivity index (χ2n) is 9.42. The average molecular weight is 516 g/mol. The first-order valence-corrected chi connectivity index (χ1v) is 12.4. The van der Waals surface area contributed by atoms with Crippen molar-refractivity contribution in [1.82, 2.24) is 14.5 Å². The smallest absolute Gasteiger partial charge is 0.263 e. The third-order valence-corrected chi connectivity index (χ3v) is 6.77. The van der Waals surface area contributed by atoms with Crippen LogP contribution in [0.4, 0.5) is 11.6 Å². The molecule has 0 unspecified atom stereocenters. The van der Waals surface area contributed by atoms with Crippen LogP contribution >= 0.6 is 0 Å². The van der Waals surface area contributed by atoms with Crippen molar-refractivity contribution in [2.45, 2.75) is 20.4 Å². The molecule has 5 rings (SSSR count). The molecule has 0 radical (unpaired) electrons. The van der Waals surface area contributed by atoms with Crippen molar-refractivity contribution in [3.63, 3.8) is 0 Å². The van der Waals surface area contributed by atoms with Crippen molar-refractivity contribution in [1.29, 1.82) is 5.41 Å². The molecule has 8 nitrogen and oxygen atoms in total. The van der Waals surface area contributed by atoms with Crippen LogP contribution in [0.1, 0.15) is 33.5 Å². The van der Waals surface area contributed by atoms with Gasteiger partial charge in [0.2, 0.25) is 0 Å². The molecule has 0 aliphatic rings. The Morgan fingerprint density at radius 3 is 2.46 bits per heavy atom. The Bertz CT molecular complexity index is 1820. The van der Waals surface area contributed by atoms with Crippen LogP contribution in [0.5, 0.6) is 0 Å². The van der Waals surface area contributed by atoms with E-state index in [-0.39, 0.29) is 23.6 Å². The summed E-state index contributed by atoms with van der Waals surface area (Å²) in [4.78, 5) is 22.4. The minimum absolute atomic E-state index is 0.0919. The maximum Gasteiger partial charge on any atom is 0.263 e. The van der Waals surface area contributed by atoms with Gasteiger partial charge in [-0.1, -0.05) is 61.2 Å². The molecule has 0 amide bonds. The molecule has 0 spiro atoms. The molecule has 194 valence electrons. The minimum Gasteiger partial charge on any atom is -0.399 e. The average Bonchev–Trinajstić information content (AvgIpc) is 2.92. The number of nitrogen functional groups attached to an aromatic ring is 1. The van der Waals surface area contributed by atoms with Crippen LogP contribution in [0.2, 0.25) is 0 Å². The highest BCUT2D eigenvalue weighted by atomic mass is 16.1. The number of nitrogens with one attached hydrogen (secondary N) is 2. The highest BCUT2D eigenvalue weighted by molar-refractivity contribution is 6.16.